The lowest BCUT2D eigenvalue weighted by atomic mass is 10.1. The third-order valence-electron chi connectivity index (χ3n) is 4.92. The summed E-state index contributed by atoms with van der Waals surface area (Å²) < 4.78 is 5.13. The normalized spacial score (nSPS) is 12.2. The summed E-state index contributed by atoms with van der Waals surface area (Å²) in [4.78, 5) is 17.4. The van der Waals surface area contributed by atoms with E-state index in [2.05, 4.69) is 24.3 Å². The Bertz CT molecular complexity index is 1010. The molecular weight excluding hydrogens is 389 g/mol. The molecule has 152 valence electrons. The van der Waals surface area contributed by atoms with Crippen LogP contribution in [0.1, 0.15) is 18.1 Å². The number of nitrogens with zero attached hydrogens (tertiary/aromatic N) is 1. The zero-order valence-electron chi connectivity index (χ0n) is 17.8. The van der Waals surface area contributed by atoms with E-state index >= 15 is 0 Å². The maximum absolute atomic E-state index is 12.8. The van der Waals surface area contributed by atoms with Crippen molar-refractivity contribution in [2.24, 2.45) is 4.99 Å². The van der Waals surface area contributed by atoms with Gasteiger partial charge in [-0.25, -0.2) is 4.79 Å². The van der Waals surface area contributed by atoms with Crippen molar-refractivity contribution in [1.82, 2.24) is 0 Å². The summed E-state index contributed by atoms with van der Waals surface area (Å²) in [6.45, 7) is 6.05. The molecule has 0 atom stereocenters. The van der Waals surface area contributed by atoms with Crippen molar-refractivity contribution in [3.05, 3.63) is 101 Å². The fraction of sp³-hybridized carbons (Fsp3) is 0.154. The predicted molar refractivity (Wildman–Crippen MR) is 128 cm³/mol. The first-order chi connectivity index (χ1) is 14.5. The second-order valence-electron chi connectivity index (χ2n) is 7.00. The summed E-state index contributed by atoms with van der Waals surface area (Å²) in [5, 5.41) is 3.32. The van der Waals surface area contributed by atoms with Crippen molar-refractivity contribution in [2.75, 3.05) is 7.11 Å². The fourth-order valence-corrected chi connectivity index (χ4v) is 5.76. The monoisotopic (exact) mass is 415 g/mol. The van der Waals surface area contributed by atoms with Crippen molar-refractivity contribution in [3.8, 4) is 0 Å². The van der Waals surface area contributed by atoms with Crippen LogP contribution in [0, 0.1) is 13.8 Å². The second kappa shape index (κ2) is 10.1. The Labute approximate surface area is 179 Å². The SMILES string of the molecule is COC(=O)/C(C=Nc1c(C)cccc1C)=C(\C)P(c1ccccc1)c1ccccc1. The lowest BCUT2D eigenvalue weighted by Crippen LogP contribution is -2.16. The number of methoxy groups -OCH3 is 1. The van der Waals surface area contributed by atoms with Gasteiger partial charge in [0.15, 0.2) is 0 Å². The number of benzene rings is 3. The van der Waals surface area contributed by atoms with Gasteiger partial charge >= 0.3 is 5.97 Å². The molecule has 0 heterocycles. The molecule has 0 spiro atoms. The van der Waals surface area contributed by atoms with Gasteiger partial charge in [-0.2, -0.15) is 0 Å². The average Bonchev–Trinajstić information content (AvgIpc) is 2.77. The minimum atomic E-state index is -0.898. The first kappa shape index (κ1) is 21.7. The highest BCUT2D eigenvalue weighted by molar-refractivity contribution is 7.76. The molecule has 3 aromatic rings. The largest absolute Gasteiger partial charge is 0.465 e. The maximum atomic E-state index is 12.8. The zero-order chi connectivity index (χ0) is 21.5. The molecule has 0 fully saturated rings. The van der Waals surface area contributed by atoms with Crippen LogP contribution in [-0.2, 0) is 9.53 Å². The van der Waals surface area contributed by atoms with E-state index in [1.165, 1.54) is 17.7 Å². The van der Waals surface area contributed by atoms with Gasteiger partial charge in [-0.3, -0.25) is 4.99 Å². The van der Waals surface area contributed by atoms with Crippen LogP contribution in [0.25, 0.3) is 0 Å². The summed E-state index contributed by atoms with van der Waals surface area (Å²) in [7, 11) is 0.515. The Morgan fingerprint density at radius 2 is 1.33 bits per heavy atom. The third kappa shape index (κ3) is 4.93. The molecule has 0 amide bonds. The number of carbonyl (C=O) groups excluding carboxylic acids is 1. The van der Waals surface area contributed by atoms with Crippen molar-refractivity contribution < 1.29 is 9.53 Å². The van der Waals surface area contributed by atoms with Gasteiger partial charge in [0.1, 0.15) is 0 Å². The van der Waals surface area contributed by atoms with Crippen molar-refractivity contribution in [2.45, 2.75) is 20.8 Å². The molecule has 0 aliphatic heterocycles. The number of aryl methyl sites for hydroxylation is 2. The highest BCUT2D eigenvalue weighted by atomic mass is 31.1. The van der Waals surface area contributed by atoms with Crippen LogP contribution >= 0.6 is 7.92 Å². The van der Waals surface area contributed by atoms with E-state index in [9.17, 15) is 4.79 Å². The summed E-state index contributed by atoms with van der Waals surface area (Å²) in [5.41, 5.74) is 3.53. The Hall–Kier alpha value is -3.03. The minimum absolute atomic E-state index is 0.373. The summed E-state index contributed by atoms with van der Waals surface area (Å²) >= 11 is 0. The lowest BCUT2D eigenvalue weighted by Gasteiger charge is -2.21. The number of rotatable bonds is 6. The molecule has 30 heavy (non-hydrogen) atoms. The van der Waals surface area contributed by atoms with Crippen LogP contribution in [-0.4, -0.2) is 19.3 Å². The molecule has 0 saturated heterocycles. The first-order valence-electron chi connectivity index (χ1n) is 9.82. The van der Waals surface area contributed by atoms with E-state index in [-0.39, 0.29) is 5.97 Å². The molecule has 3 rings (SSSR count). The molecule has 0 saturated carbocycles. The molecule has 0 radical (unpaired) electrons. The fourth-order valence-electron chi connectivity index (χ4n) is 3.35. The molecule has 0 aromatic heterocycles. The Balaban J connectivity index is 2.16. The molecule has 4 heteroatoms. The lowest BCUT2D eigenvalue weighted by molar-refractivity contribution is -0.135. The van der Waals surface area contributed by atoms with E-state index in [1.807, 2.05) is 75.4 Å². The molecule has 0 aliphatic rings. The van der Waals surface area contributed by atoms with E-state index in [0.717, 1.165) is 22.1 Å². The van der Waals surface area contributed by atoms with Gasteiger partial charge in [-0.1, -0.05) is 78.9 Å². The Kier molecular flexibility index (Phi) is 7.32. The predicted octanol–water partition coefficient (Wildman–Crippen LogP) is 5.59. The topological polar surface area (TPSA) is 38.7 Å². The number of hydrogen-bond donors (Lipinski definition) is 0. The number of esters is 1. The number of allylic oxidation sites excluding steroid dienone is 1. The van der Waals surface area contributed by atoms with Gasteiger partial charge in [0.05, 0.1) is 18.4 Å². The molecular formula is C26H26NO2P. The molecule has 3 nitrogen and oxygen atoms in total. The zero-order valence-corrected chi connectivity index (χ0v) is 18.7. The Morgan fingerprint density at radius 1 is 0.833 bits per heavy atom. The van der Waals surface area contributed by atoms with Gasteiger partial charge in [0, 0.05) is 6.21 Å². The van der Waals surface area contributed by atoms with Crippen LogP contribution in [0.4, 0.5) is 5.69 Å². The van der Waals surface area contributed by atoms with E-state index in [0.29, 0.717) is 5.57 Å². The van der Waals surface area contributed by atoms with Crippen LogP contribution in [0.2, 0.25) is 0 Å². The third-order valence-corrected chi connectivity index (χ3v) is 7.46. The Morgan fingerprint density at radius 3 is 1.80 bits per heavy atom. The first-order valence-corrected chi connectivity index (χ1v) is 11.2. The highest BCUT2D eigenvalue weighted by Crippen LogP contribution is 2.44. The van der Waals surface area contributed by atoms with Crippen molar-refractivity contribution >= 4 is 36.4 Å². The summed E-state index contributed by atoms with van der Waals surface area (Å²) in [6.07, 6.45) is 1.66. The molecule has 3 aromatic carbocycles. The molecule has 0 aliphatic carbocycles. The molecule has 0 N–H and O–H groups in total. The van der Waals surface area contributed by atoms with Gasteiger partial charge < -0.3 is 4.74 Å². The number of ether oxygens (including phenoxy) is 1. The number of para-hydroxylation sites is 1. The average molecular weight is 415 g/mol. The summed E-state index contributed by atoms with van der Waals surface area (Å²) in [5.74, 6) is -0.373. The van der Waals surface area contributed by atoms with Gasteiger partial charge in [-0.15, -0.1) is 0 Å². The van der Waals surface area contributed by atoms with Crippen molar-refractivity contribution in [3.63, 3.8) is 0 Å². The quantitative estimate of drug-likeness (QED) is 0.228. The summed E-state index contributed by atoms with van der Waals surface area (Å²) in [6, 6.07) is 26.6. The van der Waals surface area contributed by atoms with Crippen LogP contribution in [0.15, 0.2) is 94.7 Å². The van der Waals surface area contributed by atoms with Gasteiger partial charge in [0.25, 0.3) is 0 Å². The number of carbonyl (C=O) groups is 1. The van der Waals surface area contributed by atoms with Crippen LogP contribution < -0.4 is 10.6 Å². The van der Waals surface area contributed by atoms with E-state index in [4.69, 9.17) is 9.73 Å². The van der Waals surface area contributed by atoms with Gasteiger partial charge in [0.2, 0.25) is 0 Å². The van der Waals surface area contributed by atoms with Crippen LogP contribution in [0.3, 0.4) is 0 Å². The smallest absolute Gasteiger partial charge is 0.339 e. The second-order valence-corrected chi connectivity index (χ2v) is 9.37. The van der Waals surface area contributed by atoms with E-state index < -0.39 is 7.92 Å². The van der Waals surface area contributed by atoms with Crippen molar-refractivity contribution in [1.29, 1.82) is 0 Å². The van der Waals surface area contributed by atoms with Gasteiger partial charge in [-0.05, 0) is 55.7 Å². The van der Waals surface area contributed by atoms with E-state index in [1.54, 1.807) is 6.21 Å². The number of hydrogen-bond acceptors (Lipinski definition) is 3. The highest BCUT2D eigenvalue weighted by Gasteiger charge is 2.22. The maximum Gasteiger partial charge on any atom is 0.339 e. The standard InChI is InChI=1S/C26H26NO2P/c1-19-12-11-13-20(2)25(19)27-18-24(26(28)29-4)21(3)30(22-14-7-5-8-15-22)23-16-9-6-10-17-23/h5-18H,1-4H3/b24-21+,27-18?. The molecule has 0 bridgehead atoms. The van der Waals surface area contributed by atoms with Crippen LogP contribution in [0.5, 0.6) is 0 Å². The number of aliphatic imine (C=N–C) groups is 1. The minimum Gasteiger partial charge on any atom is -0.465 e. The molecule has 0 unspecified atom stereocenters.